The summed E-state index contributed by atoms with van der Waals surface area (Å²) in [5, 5.41) is 10.8. The van der Waals surface area contributed by atoms with Crippen molar-refractivity contribution in [3.63, 3.8) is 0 Å². The Morgan fingerprint density at radius 2 is 1.69 bits per heavy atom. The number of piperazine rings is 1. The first-order valence-electron chi connectivity index (χ1n) is 8.89. The number of rotatable bonds is 3. The highest BCUT2D eigenvalue weighted by Crippen LogP contribution is 2.28. The molecule has 1 aliphatic heterocycles. The van der Waals surface area contributed by atoms with Gasteiger partial charge in [0, 0.05) is 37.8 Å². The second kappa shape index (κ2) is 7.53. The van der Waals surface area contributed by atoms with E-state index in [1.165, 1.54) is 6.07 Å². The van der Waals surface area contributed by atoms with Gasteiger partial charge in [0.25, 0.3) is 5.91 Å². The minimum atomic E-state index is -4.52. The van der Waals surface area contributed by atoms with Crippen molar-refractivity contribution in [1.29, 1.82) is 0 Å². The zero-order chi connectivity index (χ0) is 20.4. The van der Waals surface area contributed by atoms with Crippen LogP contribution in [0.5, 0.6) is 0 Å². The molecule has 1 amide bonds. The van der Waals surface area contributed by atoms with Gasteiger partial charge in [0.15, 0.2) is 23.0 Å². The molecule has 0 radical (unpaired) electrons. The van der Waals surface area contributed by atoms with Gasteiger partial charge in [-0.15, -0.1) is 10.2 Å². The van der Waals surface area contributed by atoms with Gasteiger partial charge in [-0.1, -0.05) is 35.5 Å². The molecule has 2 aromatic heterocycles. The normalized spacial score (nSPS) is 14.9. The Hall–Kier alpha value is -3.43. The lowest BCUT2D eigenvalue weighted by molar-refractivity contribution is -0.141. The summed E-state index contributed by atoms with van der Waals surface area (Å²) in [6.45, 7) is 1.62. The summed E-state index contributed by atoms with van der Waals surface area (Å²) in [5.74, 6) is 0.597. The van der Waals surface area contributed by atoms with Gasteiger partial charge in [-0.2, -0.15) is 13.2 Å². The lowest BCUT2D eigenvalue weighted by atomic mass is 10.1. The van der Waals surface area contributed by atoms with Gasteiger partial charge >= 0.3 is 6.18 Å². The highest BCUT2D eigenvalue weighted by Gasteiger charge is 2.33. The molecule has 1 fully saturated rings. The van der Waals surface area contributed by atoms with Crippen LogP contribution in [0.1, 0.15) is 16.2 Å². The number of amides is 1. The standard InChI is InChI=1S/C19H16F3N5O2/c20-19(21,22)16-6-7-17(24-23-16)26-8-10-27(11-9-26)18(28)14-12-15(29-25-14)13-4-2-1-3-5-13/h1-7,12H,8-11H2. The van der Waals surface area contributed by atoms with E-state index in [0.29, 0.717) is 37.8 Å². The minimum Gasteiger partial charge on any atom is -0.355 e. The smallest absolute Gasteiger partial charge is 0.355 e. The number of halogens is 3. The number of anilines is 1. The lowest BCUT2D eigenvalue weighted by Crippen LogP contribution is -2.49. The second-order valence-electron chi connectivity index (χ2n) is 6.50. The molecule has 0 spiro atoms. The van der Waals surface area contributed by atoms with Crippen LogP contribution < -0.4 is 4.90 Å². The molecule has 150 valence electrons. The summed E-state index contributed by atoms with van der Waals surface area (Å²) < 4.78 is 43.1. The third-order valence-electron chi connectivity index (χ3n) is 4.62. The first kappa shape index (κ1) is 18.9. The van der Waals surface area contributed by atoms with Crippen molar-refractivity contribution < 1.29 is 22.5 Å². The summed E-state index contributed by atoms with van der Waals surface area (Å²) in [6.07, 6.45) is -4.52. The summed E-state index contributed by atoms with van der Waals surface area (Å²) in [5.41, 5.74) is 0.00619. The van der Waals surface area contributed by atoms with E-state index in [-0.39, 0.29) is 11.6 Å². The molecule has 0 aliphatic carbocycles. The molecule has 3 aromatic rings. The van der Waals surface area contributed by atoms with Crippen LogP contribution in [0.25, 0.3) is 11.3 Å². The topological polar surface area (TPSA) is 75.4 Å². The maximum absolute atomic E-state index is 12.7. The predicted molar refractivity (Wildman–Crippen MR) is 97.1 cm³/mol. The lowest BCUT2D eigenvalue weighted by Gasteiger charge is -2.34. The predicted octanol–water partition coefficient (Wildman–Crippen LogP) is 3.11. The molecule has 0 unspecified atom stereocenters. The van der Waals surface area contributed by atoms with Crippen LogP contribution in [0.3, 0.4) is 0 Å². The zero-order valence-corrected chi connectivity index (χ0v) is 15.1. The van der Waals surface area contributed by atoms with Gasteiger partial charge in [0.2, 0.25) is 0 Å². The van der Waals surface area contributed by atoms with Gasteiger partial charge in [-0.3, -0.25) is 4.79 Å². The third-order valence-corrected chi connectivity index (χ3v) is 4.62. The fraction of sp³-hybridized carbons (Fsp3) is 0.263. The van der Waals surface area contributed by atoms with Gasteiger partial charge < -0.3 is 14.3 Å². The van der Waals surface area contributed by atoms with E-state index in [1.54, 1.807) is 15.9 Å². The van der Waals surface area contributed by atoms with Gasteiger partial charge in [0.05, 0.1) is 0 Å². The SMILES string of the molecule is O=C(c1cc(-c2ccccc2)on1)N1CCN(c2ccc(C(F)(F)F)nn2)CC1. The third kappa shape index (κ3) is 4.05. The first-order chi connectivity index (χ1) is 13.9. The summed E-state index contributed by atoms with van der Waals surface area (Å²) >= 11 is 0. The average molecular weight is 403 g/mol. The Kier molecular flexibility index (Phi) is 4.91. The van der Waals surface area contributed by atoms with Crippen LogP contribution in [0, 0.1) is 0 Å². The Morgan fingerprint density at radius 1 is 0.966 bits per heavy atom. The number of hydrogen-bond donors (Lipinski definition) is 0. The molecular formula is C19H16F3N5O2. The van der Waals surface area contributed by atoms with Crippen molar-refractivity contribution in [3.05, 3.63) is 59.9 Å². The van der Waals surface area contributed by atoms with Crippen LogP contribution in [0.4, 0.5) is 19.0 Å². The van der Waals surface area contributed by atoms with Crippen LogP contribution in [0.2, 0.25) is 0 Å². The van der Waals surface area contributed by atoms with E-state index in [4.69, 9.17) is 4.52 Å². The second-order valence-corrected chi connectivity index (χ2v) is 6.50. The van der Waals surface area contributed by atoms with Crippen LogP contribution in [-0.4, -0.2) is 52.3 Å². The maximum atomic E-state index is 12.7. The van der Waals surface area contributed by atoms with Crippen LogP contribution >= 0.6 is 0 Å². The molecule has 3 heterocycles. The molecule has 7 nitrogen and oxygen atoms in total. The zero-order valence-electron chi connectivity index (χ0n) is 15.1. The molecule has 1 saturated heterocycles. The molecule has 1 aromatic carbocycles. The van der Waals surface area contributed by atoms with Crippen molar-refractivity contribution in [2.24, 2.45) is 0 Å². The van der Waals surface area contributed by atoms with Crippen molar-refractivity contribution in [2.75, 3.05) is 31.1 Å². The fourth-order valence-electron chi connectivity index (χ4n) is 3.06. The largest absolute Gasteiger partial charge is 0.435 e. The Labute approximate surface area is 163 Å². The van der Waals surface area contributed by atoms with Gasteiger partial charge in [-0.25, -0.2) is 0 Å². The van der Waals surface area contributed by atoms with E-state index in [2.05, 4.69) is 15.4 Å². The number of alkyl halides is 3. The van der Waals surface area contributed by atoms with Gasteiger partial charge in [-0.05, 0) is 12.1 Å². The van der Waals surface area contributed by atoms with E-state index in [0.717, 1.165) is 11.6 Å². The molecule has 1 aliphatic rings. The van der Waals surface area contributed by atoms with Crippen LogP contribution in [-0.2, 0) is 6.18 Å². The Bertz CT molecular complexity index is 981. The van der Waals surface area contributed by atoms with Crippen LogP contribution in [0.15, 0.2) is 53.1 Å². The van der Waals surface area contributed by atoms with Crippen molar-refractivity contribution in [1.82, 2.24) is 20.3 Å². The van der Waals surface area contributed by atoms with Crippen molar-refractivity contribution in [3.8, 4) is 11.3 Å². The van der Waals surface area contributed by atoms with Gasteiger partial charge in [0.1, 0.15) is 0 Å². The highest BCUT2D eigenvalue weighted by atomic mass is 19.4. The molecule has 0 saturated carbocycles. The van der Waals surface area contributed by atoms with Crippen molar-refractivity contribution >= 4 is 11.7 Å². The number of carbonyl (C=O) groups is 1. The minimum absolute atomic E-state index is 0.214. The molecule has 0 N–H and O–H groups in total. The highest BCUT2D eigenvalue weighted by molar-refractivity contribution is 5.93. The number of carbonyl (C=O) groups excluding carboxylic acids is 1. The molecule has 0 bridgehead atoms. The summed E-state index contributed by atoms with van der Waals surface area (Å²) in [7, 11) is 0. The van der Waals surface area contributed by atoms with E-state index >= 15 is 0 Å². The Balaban J connectivity index is 1.38. The van der Waals surface area contributed by atoms with E-state index < -0.39 is 11.9 Å². The monoisotopic (exact) mass is 403 g/mol. The molecule has 10 heteroatoms. The number of nitrogens with zero attached hydrogens (tertiary/aromatic N) is 5. The maximum Gasteiger partial charge on any atom is 0.435 e. The molecule has 29 heavy (non-hydrogen) atoms. The average Bonchev–Trinajstić information content (AvgIpc) is 3.24. The van der Waals surface area contributed by atoms with E-state index in [1.807, 2.05) is 30.3 Å². The number of aromatic nitrogens is 3. The summed E-state index contributed by atoms with van der Waals surface area (Å²) in [6, 6.07) is 13.1. The molecule has 0 atom stereocenters. The number of benzene rings is 1. The van der Waals surface area contributed by atoms with Crippen molar-refractivity contribution in [2.45, 2.75) is 6.18 Å². The molecule has 4 rings (SSSR count). The summed E-state index contributed by atoms with van der Waals surface area (Å²) in [4.78, 5) is 16.1. The van der Waals surface area contributed by atoms with E-state index in [9.17, 15) is 18.0 Å². The molecular weight excluding hydrogens is 387 g/mol. The Morgan fingerprint density at radius 3 is 2.31 bits per heavy atom. The number of hydrogen-bond acceptors (Lipinski definition) is 6. The first-order valence-corrected chi connectivity index (χ1v) is 8.89. The fourth-order valence-corrected chi connectivity index (χ4v) is 3.06. The quantitative estimate of drug-likeness (QED) is 0.669.